The average molecular weight is 1120 g/mol. The molecular weight excluding hydrogens is 1040 g/mol. The van der Waals surface area contributed by atoms with Crippen LogP contribution in [0, 0.1) is 0 Å². The monoisotopic (exact) mass is 1120 g/mol. The summed E-state index contributed by atoms with van der Waals surface area (Å²) in [7, 11) is -1.81. The van der Waals surface area contributed by atoms with E-state index in [2.05, 4.69) is 84.9 Å². The molecule has 2 saturated heterocycles. The predicted octanol–water partition coefficient (Wildman–Crippen LogP) is 5.84. The topological polar surface area (TPSA) is 205 Å². The van der Waals surface area contributed by atoms with Crippen LogP contribution in [0.25, 0.3) is 0 Å². The SMILES string of the molecule is COC[C@H]1CN[C@H](C)CN1CC(=O)N1CC(C)(C)c2ncc(Cc3cccc(OCCN4CCN(CCOCCOCC(=O)Nc5ccc(Nc6ncc(C(F)(F)F)c(NCc7cccc(S(C)(=O)=O)c7)n6)cc5)CC4)c3)cc21. The van der Waals surface area contributed by atoms with Gasteiger partial charge in [-0.1, -0.05) is 38.1 Å². The van der Waals surface area contributed by atoms with Crippen molar-refractivity contribution in [3.05, 3.63) is 119 Å². The van der Waals surface area contributed by atoms with Gasteiger partial charge in [0.2, 0.25) is 17.8 Å². The summed E-state index contributed by atoms with van der Waals surface area (Å²) in [6, 6.07) is 23.1. The molecule has 5 aromatic rings. The van der Waals surface area contributed by atoms with E-state index < -0.39 is 27.4 Å². The second kappa shape index (κ2) is 26.8. The van der Waals surface area contributed by atoms with Gasteiger partial charge in [-0.05, 0) is 84.6 Å². The van der Waals surface area contributed by atoms with Crippen LogP contribution < -0.4 is 30.9 Å². The second-order valence-corrected chi connectivity index (χ2v) is 22.9. The van der Waals surface area contributed by atoms with E-state index in [1.54, 1.807) is 37.4 Å². The van der Waals surface area contributed by atoms with Crippen LogP contribution in [0.4, 0.5) is 42.0 Å². The first-order valence-electron chi connectivity index (χ1n) is 26.5. The molecule has 23 heteroatoms. The molecular formula is C56H72F3N11O8S. The molecule has 3 aromatic carbocycles. The van der Waals surface area contributed by atoms with Crippen molar-refractivity contribution in [2.45, 2.75) is 62.3 Å². The summed E-state index contributed by atoms with van der Waals surface area (Å²) in [6.45, 7) is 16.2. The Morgan fingerprint density at radius 1 is 0.848 bits per heavy atom. The molecule has 2 aromatic heterocycles. The number of hydrogen-bond acceptors (Lipinski definition) is 17. The first kappa shape index (κ1) is 58.8. The number of amides is 2. The number of methoxy groups -OCH3 is 1. The van der Waals surface area contributed by atoms with Crippen LogP contribution in [0.5, 0.6) is 5.75 Å². The van der Waals surface area contributed by atoms with Crippen LogP contribution in [0.3, 0.4) is 0 Å². The lowest BCUT2D eigenvalue weighted by Crippen LogP contribution is -2.59. The largest absolute Gasteiger partial charge is 0.492 e. The van der Waals surface area contributed by atoms with Gasteiger partial charge in [0.15, 0.2) is 9.84 Å². The fourth-order valence-corrected chi connectivity index (χ4v) is 10.5. The summed E-state index contributed by atoms with van der Waals surface area (Å²) in [6.07, 6.45) is -0.430. The Hall–Kier alpha value is -6.31. The van der Waals surface area contributed by atoms with Crippen LogP contribution in [0.1, 0.15) is 48.7 Å². The van der Waals surface area contributed by atoms with Gasteiger partial charge in [0, 0.05) is 120 Å². The van der Waals surface area contributed by atoms with Crippen molar-refractivity contribution in [3.8, 4) is 5.75 Å². The van der Waals surface area contributed by atoms with Crippen molar-refractivity contribution >= 4 is 50.5 Å². The molecule has 5 heterocycles. The Bertz CT molecular complexity index is 2970. The second-order valence-electron chi connectivity index (χ2n) is 20.9. The molecule has 2 fully saturated rings. The average Bonchev–Trinajstić information content (AvgIpc) is 3.98. The first-order valence-corrected chi connectivity index (χ1v) is 28.4. The van der Waals surface area contributed by atoms with E-state index in [4.69, 9.17) is 23.9 Å². The summed E-state index contributed by atoms with van der Waals surface area (Å²) in [5, 5.41) is 11.8. The number of halogens is 3. The zero-order chi connectivity index (χ0) is 56.2. The van der Waals surface area contributed by atoms with E-state index in [9.17, 15) is 31.2 Å². The van der Waals surface area contributed by atoms with E-state index in [-0.39, 0.29) is 53.9 Å². The standard InChI is InChI=1S/C56H72F3N11O8S/c1-39-34-69(45(32-60-39)36-75-4)35-51(72)70-38-55(2,3)52-49(70)29-42(31-61-52)26-40-8-6-10-46(27-40)78-23-21-68-18-16-67(17-19-68)20-22-76-24-25-77-37-50(71)64-43-12-14-44(15-13-43)65-54-63-33-48(56(57,58)59)53(66-54)62-30-41-9-7-11-47(28-41)79(5,73)74/h6-15,27-29,31,33,39,45,60H,16-26,30,32,34-38H2,1-5H3,(H,64,71)(H2,62,63,65,66)/t39-,45-/m1/s1. The normalized spacial score (nSPS) is 18.1. The molecule has 2 amide bonds. The van der Waals surface area contributed by atoms with E-state index >= 15 is 0 Å². The Labute approximate surface area is 460 Å². The number of nitrogens with zero attached hydrogens (tertiary/aromatic N) is 7. The minimum Gasteiger partial charge on any atom is -0.492 e. The molecule has 3 aliphatic rings. The number of carbonyl (C=O) groups is 2. The highest BCUT2D eigenvalue weighted by molar-refractivity contribution is 7.90. The van der Waals surface area contributed by atoms with Gasteiger partial charge in [-0.15, -0.1) is 0 Å². The molecule has 3 aliphatic heterocycles. The van der Waals surface area contributed by atoms with Crippen LogP contribution >= 0.6 is 0 Å². The van der Waals surface area contributed by atoms with Gasteiger partial charge in [0.25, 0.3) is 0 Å². The zero-order valence-corrected chi connectivity index (χ0v) is 46.3. The molecule has 2 atom stereocenters. The molecule has 8 rings (SSSR count). The van der Waals surface area contributed by atoms with Gasteiger partial charge < -0.3 is 45.1 Å². The van der Waals surface area contributed by atoms with Crippen molar-refractivity contribution in [1.29, 1.82) is 0 Å². The maximum absolute atomic E-state index is 13.9. The minimum absolute atomic E-state index is 0.0440. The van der Waals surface area contributed by atoms with Crippen molar-refractivity contribution in [2.24, 2.45) is 0 Å². The summed E-state index contributed by atoms with van der Waals surface area (Å²) in [4.78, 5) is 48.3. The smallest absolute Gasteiger partial charge is 0.421 e. The number of hydrogen-bond donors (Lipinski definition) is 4. The number of pyridine rings is 1. The van der Waals surface area contributed by atoms with Gasteiger partial charge in [0.1, 0.15) is 30.3 Å². The lowest BCUT2D eigenvalue weighted by molar-refractivity contribution is -0.137. The Morgan fingerprint density at radius 2 is 1.56 bits per heavy atom. The fourth-order valence-electron chi connectivity index (χ4n) is 9.85. The summed E-state index contributed by atoms with van der Waals surface area (Å²) < 4.78 is 88.4. The lowest BCUT2D eigenvalue weighted by Gasteiger charge is -2.39. The third-order valence-electron chi connectivity index (χ3n) is 14.0. The third kappa shape index (κ3) is 16.9. The number of aromatic nitrogens is 3. The van der Waals surface area contributed by atoms with E-state index in [0.717, 1.165) is 86.9 Å². The molecule has 0 radical (unpaired) electrons. The number of ether oxygens (including phenoxy) is 4. The quantitative estimate of drug-likeness (QED) is 0.0507. The van der Waals surface area contributed by atoms with Crippen LogP contribution in [-0.4, -0.2) is 180 Å². The third-order valence-corrected chi connectivity index (χ3v) is 15.2. The molecule has 0 spiro atoms. The summed E-state index contributed by atoms with van der Waals surface area (Å²) in [5.74, 6) is -0.0653. The Balaban J connectivity index is 0.686. The molecule has 0 unspecified atom stereocenters. The van der Waals surface area contributed by atoms with Crippen LogP contribution in [-0.2, 0) is 58.2 Å². The van der Waals surface area contributed by atoms with Gasteiger partial charge in [0.05, 0.1) is 49.2 Å². The van der Waals surface area contributed by atoms with E-state index in [1.807, 2.05) is 23.2 Å². The number of alkyl halides is 3. The van der Waals surface area contributed by atoms with E-state index in [1.165, 1.54) is 18.2 Å². The number of anilines is 5. The lowest BCUT2D eigenvalue weighted by atomic mass is 9.91. The first-order chi connectivity index (χ1) is 37.8. The predicted molar refractivity (Wildman–Crippen MR) is 296 cm³/mol. The summed E-state index contributed by atoms with van der Waals surface area (Å²) in [5.41, 5.74) is 4.03. The number of sulfone groups is 1. The fraction of sp³-hybridized carbons (Fsp3) is 0.482. The zero-order valence-electron chi connectivity index (χ0n) is 45.5. The van der Waals surface area contributed by atoms with Crippen molar-refractivity contribution in [3.63, 3.8) is 0 Å². The number of benzene rings is 3. The van der Waals surface area contributed by atoms with Crippen molar-refractivity contribution < 1.29 is 50.1 Å². The number of nitrogens with one attached hydrogen (secondary N) is 4. The van der Waals surface area contributed by atoms with Crippen LogP contribution in [0.2, 0.25) is 0 Å². The highest BCUT2D eigenvalue weighted by Crippen LogP contribution is 2.40. The maximum Gasteiger partial charge on any atom is 0.421 e. The van der Waals surface area contributed by atoms with Crippen LogP contribution in [0.15, 0.2) is 96.2 Å². The molecule has 426 valence electrons. The minimum atomic E-state index is -4.75. The van der Waals surface area contributed by atoms with Crippen molar-refractivity contribution in [1.82, 2.24) is 35.0 Å². The molecule has 0 aliphatic carbocycles. The maximum atomic E-state index is 13.9. The van der Waals surface area contributed by atoms with Crippen molar-refractivity contribution in [2.75, 3.05) is 139 Å². The molecule has 0 saturated carbocycles. The molecule has 19 nitrogen and oxygen atoms in total. The number of fused-ring (bicyclic) bond motifs is 1. The van der Waals surface area contributed by atoms with Gasteiger partial charge in [-0.25, -0.2) is 13.4 Å². The van der Waals surface area contributed by atoms with Gasteiger partial charge in [-0.2, -0.15) is 18.2 Å². The molecule has 79 heavy (non-hydrogen) atoms. The number of carbonyl (C=O) groups excluding carboxylic acids is 2. The van der Waals surface area contributed by atoms with E-state index in [0.29, 0.717) is 75.1 Å². The van der Waals surface area contributed by atoms with Gasteiger partial charge >= 0.3 is 6.18 Å². The number of piperazine rings is 2. The Kier molecular flexibility index (Phi) is 19.9. The highest BCUT2D eigenvalue weighted by Gasteiger charge is 2.41. The summed E-state index contributed by atoms with van der Waals surface area (Å²) >= 11 is 0. The van der Waals surface area contributed by atoms with Gasteiger partial charge in [-0.3, -0.25) is 29.3 Å². The number of rotatable bonds is 25. The Morgan fingerprint density at radius 3 is 2.29 bits per heavy atom. The molecule has 0 bridgehead atoms. The molecule has 4 N–H and O–H groups in total. The highest BCUT2D eigenvalue weighted by atomic mass is 32.2.